The van der Waals surface area contributed by atoms with Gasteiger partial charge in [-0.25, -0.2) is 0 Å². The highest BCUT2D eigenvalue weighted by atomic mass is 16.5. The molecule has 2 rings (SSSR count). The quantitative estimate of drug-likeness (QED) is 0.749. The number of pyridine rings is 1. The van der Waals surface area contributed by atoms with Crippen molar-refractivity contribution in [3.8, 4) is 5.75 Å². The van der Waals surface area contributed by atoms with Crippen LogP contribution in [0, 0.1) is 0 Å². The molecule has 1 aliphatic rings. The van der Waals surface area contributed by atoms with Crippen molar-refractivity contribution in [2.24, 2.45) is 5.73 Å². The Morgan fingerprint density at radius 3 is 3.06 bits per heavy atom. The Bertz CT molecular complexity index is 400. The fraction of sp³-hybridized carbons (Fsp3) is 0.455. The zero-order valence-electron chi connectivity index (χ0n) is 9.10. The maximum absolute atomic E-state index is 12.1. The molecule has 5 heteroatoms. The summed E-state index contributed by atoms with van der Waals surface area (Å²) >= 11 is 0. The van der Waals surface area contributed by atoms with Gasteiger partial charge >= 0.3 is 0 Å². The molecular weight excluding hydrogens is 208 g/mol. The highest BCUT2D eigenvalue weighted by molar-refractivity contribution is 6.03. The molecule has 0 saturated carbocycles. The Hall–Kier alpha value is -1.46. The van der Waals surface area contributed by atoms with Crippen LogP contribution in [0.1, 0.15) is 16.8 Å². The number of ether oxygens (including phenoxy) is 2. The summed E-state index contributed by atoms with van der Waals surface area (Å²) in [6.07, 6.45) is 3.59. The molecule has 5 nitrogen and oxygen atoms in total. The van der Waals surface area contributed by atoms with Crippen LogP contribution in [0.4, 0.5) is 0 Å². The molecule has 16 heavy (non-hydrogen) atoms. The van der Waals surface area contributed by atoms with Gasteiger partial charge in [-0.1, -0.05) is 0 Å². The summed E-state index contributed by atoms with van der Waals surface area (Å²) in [5.41, 5.74) is 5.54. The monoisotopic (exact) mass is 222 g/mol. The summed E-state index contributed by atoms with van der Waals surface area (Å²) in [4.78, 5) is 16.1. The normalized spacial score (nSPS) is 24.4. The minimum absolute atomic E-state index is 0.142. The Morgan fingerprint density at radius 1 is 1.62 bits per heavy atom. The summed E-state index contributed by atoms with van der Waals surface area (Å²) in [5.74, 6) is 0.407. The van der Waals surface area contributed by atoms with Crippen molar-refractivity contribution in [1.29, 1.82) is 0 Å². The lowest BCUT2D eigenvalue weighted by Gasteiger charge is -2.19. The van der Waals surface area contributed by atoms with E-state index in [4.69, 9.17) is 15.2 Å². The summed E-state index contributed by atoms with van der Waals surface area (Å²) < 4.78 is 10.2. The Balaban J connectivity index is 2.26. The van der Waals surface area contributed by atoms with E-state index in [2.05, 4.69) is 4.98 Å². The van der Waals surface area contributed by atoms with Crippen molar-refractivity contribution < 1.29 is 14.3 Å². The van der Waals surface area contributed by atoms with E-state index in [1.807, 2.05) is 0 Å². The smallest absolute Gasteiger partial charge is 0.186 e. The lowest BCUT2D eigenvalue weighted by atomic mass is 9.90. The predicted molar refractivity (Wildman–Crippen MR) is 57.5 cm³/mol. The Kier molecular flexibility index (Phi) is 2.89. The van der Waals surface area contributed by atoms with Gasteiger partial charge in [-0.05, 0) is 12.5 Å². The summed E-state index contributed by atoms with van der Waals surface area (Å²) in [6, 6.07) is 1.64. The van der Waals surface area contributed by atoms with Gasteiger partial charge in [0.2, 0.25) is 0 Å². The van der Waals surface area contributed by atoms with Gasteiger partial charge in [0.05, 0.1) is 19.9 Å². The third-order valence-corrected chi connectivity index (χ3v) is 2.72. The van der Waals surface area contributed by atoms with E-state index in [-0.39, 0.29) is 12.4 Å². The van der Waals surface area contributed by atoms with Crippen molar-refractivity contribution in [2.45, 2.75) is 12.0 Å². The van der Waals surface area contributed by atoms with E-state index in [0.29, 0.717) is 24.3 Å². The second kappa shape index (κ2) is 4.19. The molecule has 0 bridgehead atoms. The molecule has 1 atom stereocenters. The summed E-state index contributed by atoms with van der Waals surface area (Å²) in [6.45, 7) is 0.794. The maximum Gasteiger partial charge on any atom is 0.186 e. The van der Waals surface area contributed by atoms with Gasteiger partial charge in [0.25, 0.3) is 0 Å². The number of Topliss-reactive ketones (excluding diaryl/α,β-unsaturated/α-hetero) is 1. The molecule has 1 saturated heterocycles. The standard InChI is InChI=1S/C11H14N2O3/c1-15-9-4-8(5-13-6-9)10(14)11(12)2-3-16-7-11/h4-6H,2-3,7,12H2,1H3. The number of ketones is 1. The van der Waals surface area contributed by atoms with Crippen LogP contribution < -0.4 is 10.5 Å². The summed E-state index contributed by atoms with van der Waals surface area (Å²) in [5, 5.41) is 0. The Morgan fingerprint density at radius 2 is 2.44 bits per heavy atom. The van der Waals surface area contributed by atoms with Gasteiger partial charge in [0.1, 0.15) is 11.3 Å². The second-order valence-electron chi connectivity index (χ2n) is 3.90. The van der Waals surface area contributed by atoms with Crippen LogP contribution in [-0.4, -0.2) is 36.6 Å². The fourth-order valence-electron chi connectivity index (χ4n) is 1.70. The molecule has 0 aliphatic carbocycles. The largest absolute Gasteiger partial charge is 0.495 e. The second-order valence-corrected chi connectivity index (χ2v) is 3.90. The van der Waals surface area contributed by atoms with E-state index in [9.17, 15) is 4.79 Å². The zero-order valence-corrected chi connectivity index (χ0v) is 9.10. The number of rotatable bonds is 3. The third-order valence-electron chi connectivity index (χ3n) is 2.72. The first kappa shape index (κ1) is 11.0. The lowest BCUT2D eigenvalue weighted by Crippen LogP contribution is -2.48. The van der Waals surface area contributed by atoms with Gasteiger partial charge in [0, 0.05) is 18.4 Å². The fourth-order valence-corrected chi connectivity index (χ4v) is 1.70. The van der Waals surface area contributed by atoms with E-state index >= 15 is 0 Å². The highest BCUT2D eigenvalue weighted by Crippen LogP contribution is 2.22. The van der Waals surface area contributed by atoms with Crippen molar-refractivity contribution in [1.82, 2.24) is 4.98 Å². The molecule has 2 heterocycles. The van der Waals surface area contributed by atoms with E-state index in [0.717, 1.165) is 0 Å². The van der Waals surface area contributed by atoms with Crippen LogP contribution in [0.3, 0.4) is 0 Å². The maximum atomic E-state index is 12.1. The molecule has 0 aromatic carbocycles. The minimum atomic E-state index is -0.909. The molecule has 0 amide bonds. The molecule has 1 unspecified atom stereocenters. The van der Waals surface area contributed by atoms with Gasteiger partial charge in [-0.2, -0.15) is 0 Å². The number of hydrogen-bond donors (Lipinski definition) is 1. The van der Waals surface area contributed by atoms with Gasteiger partial charge in [-0.15, -0.1) is 0 Å². The summed E-state index contributed by atoms with van der Waals surface area (Å²) in [7, 11) is 1.53. The van der Waals surface area contributed by atoms with E-state index in [1.165, 1.54) is 13.3 Å². The van der Waals surface area contributed by atoms with Crippen molar-refractivity contribution >= 4 is 5.78 Å². The van der Waals surface area contributed by atoms with Crippen molar-refractivity contribution in [2.75, 3.05) is 20.3 Å². The third kappa shape index (κ3) is 1.91. The van der Waals surface area contributed by atoms with Crippen molar-refractivity contribution in [3.63, 3.8) is 0 Å². The minimum Gasteiger partial charge on any atom is -0.495 e. The van der Waals surface area contributed by atoms with Gasteiger partial charge in [-0.3, -0.25) is 9.78 Å². The van der Waals surface area contributed by atoms with E-state index < -0.39 is 5.54 Å². The van der Waals surface area contributed by atoms with Crippen LogP contribution in [0.15, 0.2) is 18.5 Å². The lowest BCUT2D eigenvalue weighted by molar-refractivity contribution is 0.0862. The average molecular weight is 222 g/mol. The number of carbonyl (C=O) groups is 1. The number of nitrogens with zero attached hydrogens (tertiary/aromatic N) is 1. The number of methoxy groups -OCH3 is 1. The Labute approximate surface area is 93.6 Å². The topological polar surface area (TPSA) is 74.4 Å². The van der Waals surface area contributed by atoms with Gasteiger partial charge in [0.15, 0.2) is 5.78 Å². The van der Waals surface area contributed by atoms with Crippen LogP contribution >= 0.6 is 0 Å². The number of nitrogens with two attached hydrogens (primary N) is 1. The average Bonchev–Trinajstić information content (AvgIpc) is 2.76. The molecule has 2 N–H and O–H groups in total. The van der Waals surface area contributed by atoms with E-state index in [1.54, 1.807) is 12.3 Å². The molecule has 0 radical (unpaired) electrons. The molecular formula is C11H14N2O3. The first-order valence-electron chi connectivity index (χ1n) is 5.06. The number of carbonyl (C=O) groups excluding carboxylic acids is 1. The highest BCUT2D eigenvalue weighted by Gasteiger charge is 2.38. The first-order chi connectivity index (χ1) is 7.65. The molecule has 0 spiro atoms. The zero-order chi connectivity index (χ0) is 11.6. The predicted octanol–water partition coefficient (Wildman–Crippen LogP) is 0.391. The van der Waals surface area contributed by atoms with Crippen LogP contribution in [0.5, 0.6) is 5.75 Å². The molecule has 1 aromatic rings. The van der Waals surface area contributed by atoms with Gasteiger partial charge < -0.3 is 15.2 Å². The van der Waals surface area contributed by atoms with Crippen LogP contribution in [-0.2, 0) is 4.74 Å². The molecule has 1 aromatic heterocycles. The SMILES string of the molecule is COc1cncc(C(=O)C2(N)CCOC2)c1. The van der Waals surface area contributed by atoms with Crippen molar-refractivity contribution in [3.05, 3.63) is 24.0 Å². The first-order valence-corrected chi connectivity index (χ1v) is 5.06. The molecule has 1 fully saturated rings. The van der Waals surface area contributed by atoms with Crippen LogP contribution in [0.25, 0.3) is 0 Å². The molecule has 1 aliphatic heterocycles. The van der Waals surface area contributed by atoms with Crippen LogP contribution in [0.2, 0.25) is 0 Å². The number of aromatic nitrogens is 1. The number of hydrogen-bond acceptors (Lipinski definition) is 5. The molecule has 86 valence electrons.